The van der Waals surface area contributed by atoms with Gasteiger partial charge in [-0.2, -0.15) is 0 Å². The van der Waals surface area contributed by atoms with E-state index in [2.05, 4.69) is 27.3 Å². The number of piperazine rings is 1. The number of aromatic nitrogens is 2. The smallest absolute Gasteiger partial charge is 0.262 e. The van der Waals surface area contributed by atoms with Crippen LogP contribution in [0.5, 0.6) is 0 Å². The maximum atomic E-state index is 12.7. The van der Waals surface area contributed by atoms with E-state index in [1.807, 2.05) is 32.0 Å². The van der Waals surface area contributed by atoms with Gasteiger partial charge in [0.15, 0.2) is 0 Å². The molecule has 168 valence electrons. The van der Waals surface area contributed by atoms with Crippen LogP contribution in [0, 0.1) is 13.8 Å². The normalized spacial score (nSPS) is 14.6. The average molecular weight is 454 g/mol. The number of carbonyl (C=O) groups excluding carboxylic acids is 2. The molecule has 0 aliphatic carbocycles. The number of aryl methyl sites for hydroxylation is 2. The molecule has 1 aliphatic heterocycles. The maximum absolute atomic E-state index is 12.7. The zero-order chi connectivity index (χ0) is 22.7. The van der Waals surface area contributed by atoms with E-state index in [0.717, 1.165) is 30.1 Å². The molecular formula is C23H27N5O3S. The van der Waals surface area contributed by atoms with E-state index >= 15 is 0 Å². The molecule has 3 heterocycles. The third kappa shape index (κ3) is 4.89. The highest BCUT2D eigenvalue weighted by molar-refractivity contribution is 7.18. The van der Waals surface area contributed by atoms with Gasteiger partial charge in [-0.05, 0) is 25.0 Å². The molecule has 1 fully saturated rings. The third-order valence-electron chi connectivity index (χ3n) is 5.88. The Balaban J connectivity index is 1.26. The van der Waals surface area contributed by atoms with Crippen molar-refractivity contribution in [2.75, 3.05) is 32.7 Å². The summed E-state index contributed by atoms with van der Waals surface area (Å²) in [4.78, 5) is 47.7. The van der Waals surface area contributed by atoms with Gasteiger partial charge < -0.3 is 10.2 Å². The second kappa shape index (κ2) is 9.62. The molecule has 4 rings (SSSR count). The number of benzene rings is 1. The molecule has 1 aromatic carbocycles. The average Bonchev–Trinajstić information content (AvgIpc) is 3.09. The Morgan fingerprint density at radius 3 is 2.53 bits per heavy atom. The van der Waals surface area contributed by atoms with Gasteiger partial charge in [0.2, 0.25) is 11.8 Å². The summed E-state index contributed by atoms with van der Waals surface area (Å²) in [6, 6.07) is 10.3. The maximum Gasteiger partial charge on any atom is 0.262 e. The Bertz CT molecular complexity index is 1180. The van der Waals surface area contributed by atoms with Crippen molar-refractivity contribution in [2.45, 2.75) is 26.9 Å². The molecule has 1 aliphatic rings. The Morgan fingerprint density at radius 1 is 1.09 bits per heavy atom. The van der Waals surface area contributed by atoms with Crippen LogP contribution in [0.4, 0.5) is 0 Å². The van der Waals surface area contributed by atoms with Crippen LogP contribution in [-0.2, 0) is 22.7 Å². The van der Waals surface area contributed by atoms with E-state index in [4.69, 9.17) is 0 Å². The van der Waals surface area contributed by atoms with E-state index in [1.54, 1.807) is 4.90 Å². The Kier molecular flexibility index (Phi) is 6.66. The second-order valence-electron chi connectivity index (χ2n) is 8.06. The quantitative estimate of drug-likeness (QED) is 0.612. The number of carbonyl (C=O) groups is 2. The minimum atomic E-state index is -0.381. The number of amides is 2. The minimum Gasteiger partial charge on any atom is -0.345 e. The third-order valence-corrected chi connectivity index (χ3v) is 7.00. The number of rotatable bonds is 6. The monoisotopic (exact) mass is 453 g/mol. The Morgan fingerprint density at radius 2 is 1.81 bits per heavy atom. The van der Waals surface area contributed by atoms with Gasteiger partial charge in [-0.15, -0.1) is 11.3 Å². The van der Waals surface area contributed by atoms with Gasteiger partial charge in [0.1, 0.15) is 11.4 Å². The fraction of sp³-hybridized carbons (Fsp3) is 0.391. The molecular weight excluding hydrogens is 426 g/mol. The van der Waals surface area contributed by atoms with Crippen molar-refractivity contribution in [1.29, 1.82) is 0 Å². The zero-order valence-electron chi connectivity index (χ0n) is 18.3. The summed E-state index contributed by atoms with van der Waals surface area (Å²) in [5.41, 5.74) is 1.93. The van der Waals surface area contributed by atoms with Crippen molar-refractivity contribution in [3.63, 3.8) is 0 Å². The van der Waals surface area contributed by atoms with E-state index < -0.39 is 0 Å². The van der Waals surface area contributed by atoms with Crippen molar-refractivity contribution in [3.05, 3.63) is 63.0 Å². The van der Waals surface area contributed by atoms with Gasteiger partial charge in [-0.1, -0.05) is 30.3 Å². The van der Waals surface area contributed by atoms with Crippen LogP contribution in [0.15, 0.2) is 41.5 Å². The fourth-order valence-corrected chi connectivity index (χ4v) is 4.86. The standard InChI is InChI=1S/C23H27N5O3S/c1-16-17(2)32-22-21(16)23(31)28(15-25-22)14-19(29)24-12-20(30)27-10-8-26(9-11-27)13-18-6-4-3-5-7-18/h3-7,15H,8-14H2,1-2H3,(H,24,29). The van der Waals surface area contributed by atoms with Crippen LogP contribution in [0.3, 0.4) is 0 Å². The van der Waals surface area contributed by atoms with Crippen molar-refractivity contribution in [2.24, 2.45) is 0 Å². The molecule has 2 aromatic heterocycles. The molecule has 0 radical (unpaired) electrons. The fourth-order valence-electron chi connectivity index (χ4n) is 3.88. The van der Waals surface area contributed by atoms with E-state index in [9.17, 15) is 14.4 Å². The van der Waals surface area contributed by atoms with Crippen LogP contribution in [0.25, 0.3) is 10.2 Å². The van der Waals surface area contributed by atoms with Gasteiger partial charge in [-0.3, -0.25) is 23.9 Å². The van der Waals surface area contributed by atoms with Gasteiger partial charge >= 0.3 is 0 Å². The number of nitrogens with zero attached hydrogens (tertiary/aromatic N) is 4. The van der Waals surface area contributed by atoms with Crippen molar-refractivity contribution >= 4 is 33.4 Å². The summed E-state index contributed by atoms with van der Waals surface area (Å²) in [6.45, 7) is 7.36. The lowest BCUT2D eigenvalue weighted by Crippen LogP contribution is -2.51. The number of thiophene rings is 1. The lowest BCUT2D eigenvalue weighted by molar-refractivity contribution is -0.134. The molecule has 8 nitrogen and oxygen atoms in total. The highest BCUT2D eigenvalue weighted by Crippen LogP contribution is 2.25. The molecule has 3 aromatic rings. The first-order valence-corrected chi connectivity index (χ1v) is 11.5. The van der Waals surface area contributed by atoms with Crippen LogP contribution in [0.2, 0.25) is 0 Å². The Labute approximate surface area is 190 Å². The van der Waals surface area contributed by atoms with Gasteiger partial charge in [0.25, 0.3) is 5.56 Å². The first-order valence-electron chi connectivity index (χ1n) is 10.7. The first-order chi connectivity index (χ1) is 15.4. The summed E-state index contributed by atoms with van der Waals surface area (Å²) < 4.78 is 1.30. The predicted molar refractivity (Wildman–Crippen MR) is 125 cm³/mol. The minimum absolute atomic E-state index is 0.0709. The molecule has 1 saturated heterocycles. The topological polar surface area (TPSA) is 87.5 Å². The lowest BCUT2D eigenvalue weighted by atomic mass is 10.2. The first kappa shape index (κ1) is 22.2. The van der Waals surface area contributed by atoms with Crippen molar-refractivity contribution in [1.82, 2.24) is 24.7 Å². The van der Waals surface area contributed by atoms with Gasteiger partial charge in [-0.25, -0.2) is 4.98 Å². The molecule has 0 unspecified atom stereocenters. The highest BCUT2D eigenvalue weighted by Gasteiger charge is 2.21. The summed E-state index contributed by atoms with van der Waals surface area (Å²) in [5.74, 6) is -0.489. The van der Waals surface area contributed by atoms with Crippen LogP contribution >= 0.6 is 11.3 Å². The lowest BCUT2D eigenvalue weighted by Gasteiger charge is -2.34. The molecule has 0 spiro atoms. The second-order valence-corrected chi connectivity index (χ2v) is 9.26. The highest BCUT2D eigenvalue weighted by atomic mass is 32.1. The van der Waals surface area contributed by atoms with Crippen LogP contribution < -0.4 is 10.9 Å². The summed E-state index contributed by atoms with van der Waals surface area (Å²) in [5, 5.41) is 3.21. The van der Waals surface area contributed by atoms with Crippen molar-refractivity contribution in [3.8, 4) is 0 Å². The number of hydrogen-bond donors (Lipinski definition) is 1. The molecule has 0 bridgehead atoms. The van der Waals surface area contributed by atoms with Crippen LogP contribution in [-0.4, -0.2) is 63.9 Å². The number of nitrogens with one attached hydrogen (secondary N) is 1. The summed E-state index contributed by atoms with van der Waals surface area (Å²) in [6.07, 6.45) is 1.40. The molecule has 1 N–H and O–H groups in total. The van der Waals surface area contributed by atoms with Gasteiger partial charge in [0, 0.05) is 37.6 Å². The van der Waals surface area contributed by atoms with E-state index in [-0.39, 0.29) is 30.5 Å². The van der Waals surface area contributed by atoms with Crippen molar-refractivity contribution < 1.29 is 9.59 Å². The molecule has 0 atom stereocenters. The summed E-state index contributed by atoms with van der Waals surface area (Å²) in [7, 11) is 0. The predicted octanol–water partition coefficient (Wildman–Crippen LogP) is 1.54. The summed E-state index contributed by atoms with van der Waals surface area (Å²) >= 11 is 1.47. The van der Waals surface area contributed by atoms with Crippen LogP contribution in [0.1, 0.15) is 16.0 Å². The molecule has 32 heavy (non-hydrogen) atoms. The largest absolute Gasteiger partial charge is 0.345 e. The zero-order valence-corrected chi connectivity index (χ0v) is 19.2. The molecule has 9 heteroatoms. The van der Waals surface area contributed by atoms with E-state index in [1.165, 1.54) is 27.8 Å². The number of hydrogen-bond acceptors (Lipinski definition) is 6. The van der Waals surface area contributed by atoms with Gasteiger partial charge in [0.05, 0.1) is 18.3 Å². The SMILES string of the molecule is Cc1sc2ncn(CC(=O)NCC(=O)N3CCN(Cc4ccccc4)CC3)c(=O)c2c1C. The molecule has 2 amide bonds. The Hall–Kier alpha value is -3.04. The van der Waals surface area contributed by atoms with E-state index in [0.29, 0.717) is 23.3 Å². The molecule has 0 saturated carbocycles. The number of fused-ring (bicyclic) bond motifs is 1.